The Kier molecular flexibility index (Phi) is 4.05. The van der Waals surface area contributed by atoms with Crippen LogP contribution in [0.4, 0.5) is 0 Å². The van der Waals surface area contributed by atoms with E-state index in [0.717, 1.165) is 44.1 Å². The molecule has 5 nitrogen and oxygen atoms in total. The van der Waals surface area contributed by atoms with Crippen LogP contribution in [-0.4, -0.2) is 46.8 Å². The van der Waals surface area contributed by atoms with Gasteiger partial charge in [-0.15, -0.1) is 11.3 Å². The standard InChI is InChI=1S/C17H21N3O2S/c1-13-10-23-16(19-13)8-20-11-17(12-20)14(4-6-22-17)9-21-15-3-2-5-18-7-15/h2-3,5,7,10,14H,4,6,8-9,11-12H2,1H3. The van der Waals surface area contributed by atoms with Gasteiger partial charge in [0.15, 0.2) is 0 Å². The van der Waals surface area contributed by atoms with E-state index in [0.29, 0.717) is 12.5 Å². The van der Waals surface area contributed by atoms with Crippen LogP contribution in [0.3, 0.4) is 0 Å². The lowest BCUT2D eigenvalue weighted by molar-refractivity contribution is -0.140. The number of ether oxygens (including phenoxy) is 2. The molecule has 2 fully saturated rings. The minimum atomic E-state index is -0.0193. The number of nitrogens with zero attached hydrogens (tertiary/aromatic N) is 3. The van der Waals surface area contributed by atoms with Crippen LogP contribution < -0.4 is 4.74 Å². The fourth-order valence-electron chi connectivity index (χ4n) is 3.49. The summed E-state index contributed by atoms with van der Waals surface area (Å²) in [5.41, 5.74) is 1.09. The molecule has 2 aromatic heterocycles. The second-order valence-electron chi connectivity index (χ2n) is 6.43. The van der Waals surface area contributed by atoms with E-state index < -0.39 is 0 Å². The maximum absolute atomic E-state index is 6.10. The van der Waals surface area contributed by atoms with Gasteiger partial charge < -0.3 is 9.47 Å². The average molecular weight is 331 g/mol. The fourth-order valence-corrected chi connectivity index (χ4v) is 4.30. The predicted molar refractivity (Wildman–Crippen MR) is 88.7 cm³/mol. The first-order chi connectivity index (χ1) is 11.2. The lowest BCUT2D eigenvalue weighted by Gasteiger charge is -2.50. The van der Waals surface area contributed by atoms with Crippen molar-refractivity contribution in [2.45, 2.75) is 25.5 Å². The number of thiazole rings is 1. The summed E-state index contributed by atoms with van der Waals surface area (Å²) in [7, 11) is 0. The van der Waals surface area contributed by atoms with E-state index in [1.807, 2.05) is 19.1 Å². The molecule has 0 radical (unpaired) electrons. The molecular weight excluding hydrogens is 310 g/mol. The van der Waals surface area contributed by atoms with Gasteiger partial charge in [0.25, 0.3) is 0 Å². The summed E-state index contributed by atoms with van der Waals surface area (Å²) in [6.07, 6.45) is 4.60. The SMILES string of the molecule is Cc1csc(CN2CC3(C2)OCCC3COc2cccnc2)n1. The minimum absolute atomic E-state index is 0.0193. The molecule has 23 heavy (non-hydrogen) atoms. The van der Waals surface area contributed by atoms with Gasteiger partial charge in [0.05, 0.1) is 24.9 Å². The number of hydrogen-bond acceptors (Lipinski definition) is 6. The first kappa shape index (κ1) is 15.1. The van der Waals surface area contributed by atoms with Gasteiger partial charge in [-0.3, -0.25) is 9.88 Å². The van der Waals surface area contributed by atoms with E-state index in [1.165, 1.54) is 5.01 Å². The van der Waals surface area contributed by atoms with Crippen LogP contribution in [0.15, 0.2) is 29.9 Å². The highest BCUT2D eigenvalue weighted by Crippen LogP contribution is 2.40. The first-order valence-electron chi connectivity index (χ1n) is 8.04. The largest absolute Gasteiger partial charge is 0.492 e. The Balaban J connectivity index is 1.32. The molecule has 0 N–H and O–H groups in total. The molecule has 0 saturated carbocycles. The van der Waals surface area contributed by atoms with Crippen molar-refractivity contribution in [3.63, 3.8) is 0 Å². The van der Waals surface area contributed by atoms with Gasteiger partial charge in [-0.05, 0) is 25.5 Å². The molecule has 1 unspecified atom stereocenters. The summed E-state index contributed by atoms with van der Waals surface area (Å²) in [5.74, 6) is 1.29. The molecule has 0 amide bonds. The number of hydrogen-bond donors (Lipinski definition) is 0. The molecule has 4 heterocycles. The van der Waals surface area contributed by atoms with Gasteiger partial charge in [0, 0.05) is 42.9 Å². The van der Waals surface area contributed by atoms with Gasteiger partial charge in [-0.2, -0.15) is 0 Å². The first-order valence-corrected chi connectivity index (χ1v) is 8.92. The zero-order valence-corrected chi connectivity index (χ0v) is 14.1. The highest BCUT2D eigenvalue weighted by molar-refractivity contribution is 7.09. The zero-order valence-electron chi connectivity index (χ0n) is 13.3. The van der Waals surface area contributed by atoms with Crippen molar-refractivity contribution < 1.29 is 9.47 Å². The topological polar surface area (TPSA) is 47.5 Å². The Morgan fingerprint density at radius 3 is 3.13 bits per heavy atom. The van der Waals surface area contributed by atoms with Gasteiger partial charge in [-0.1, -0.05) is 0 Å². The maximum atomic E-state index is 6.10. The quantitative estimate of drug-likeness (QED) is 0.842. The average Bonchev–Trinajstić information content (AvgIpc) is 3.12. The molecule has 6 heteroatoms. The Hall–Kier alpha value is -1.50. The third-order valence-corrected chi connectivity index (χ3v) is 5.64. The summed E-state index contributed by atoms with van der Waals surface area (Å²) in [5, 5.41) is 3.31. The Bertz CT molecular complexity index is 655. The zero-order chi connectivity index (χ0) is 15.7. The van der Waals surface area contributed by atoms with Crippen LogP contribution in [-0.2, 0) is 11.3 Å². The van der Waals surface area contributed by atoms with Crippen molar-refractivity contribution in [3.05, 3.63) is 40.6 Å². The second kappa shape index (κ2) is 6.19. The monoisotopic (exact) mass is 331 g/mol. The summed E-state index contributed by atoms with van der Waals surface area (Å²) < 4.78 is 12.0. The van der Waals surface area contributed by atoms with Crippen molar-refractivity contribution in [1.29, 1.82) is 0 Å². The summed E-state index contributed by atoms with van der Waals surface area (Å²) >= 11 is 1.74. The van der Waals surface area contributed by atoms with Crippen molar-refractivity contribution >= 4 is 11.3 Å². The summed E-state index contributed by atoms with van der Waals surface area (Å²) in [6.45, 7) is 6.48. The normalized spacial score (nSPS) is 23.1. The Labute approximate surface area is 140 Å². The van der Waals surface area contributed by atoms with Gasteiger partial charge in [0.1, 0.15) is 10.8 Å². The highest BCUT2D eigenvalue weighted by Gasteiger charge is 2.53. The smallest absolute Gasteiger partial charge is 0.137 e. The highest BCUT2D eigenvalue weighted by atomic mass is 32.1. The molecule has 2 aromatic rings. The molecule has 2 aliphatic rings. The van der Waals surface area contributed by atoms with Gasteiger partial charge in [0.2, 0.25) is 0 Å². The molecule has 0 bridgehead atoms. The Morgan fingerprint density at radius 1 is 1.48 bits per heavy atom. The summed E-state index contributed by atoms with van der Waals surface area (Å²) in [6, 6.07) is 3.85. The fraction of sp³-hybridized carbons (Fsp3) is 0.529. The molecule has 0 aliphatic carbocycles. The summed E-state index contributed by atoms with van der Waals surface area (Å²) in [4.78, 5) is 11.1. The molecule has 1 atom stereocenters. The van der Waals surface area contributed by atoms with Crippen LogP contribution >= 0.6 is 11.3 Å². The number of aryl methyl sites for hydroxylation is 1. The molecule has 4 rings (SSSR count). The maximum Gasteiger partial charge on any atom is 0.137 e. The van der Waals surface area contributed by atoms with Crippen LogP contribution in [0.1, 0.15) is 17.1 Å². The lowest BCUT2D eigenvalue weighted by Crippen LogP contribution is -2.64. The third-order valence-electron chi connectivity index (χ3n) is 4.69. The molecule has 2 aliphatic heterocycles. The van der Waals surface area contributed by atoms with Gasteiger partial charge in [-0.25, -0.2) is 4.98 Å². The Morgan fingerprint density at radius 2 is 2.39 bits per heavy atom. The van der Waals surface area contributed by atoms with E-state index >= 15 is 0 Å². The van der Waals surface area contributed by atoms with Crippen LogP contribution in [0.5, 0.6) is 5.75 Å². The van der Waals surface area contributed by atoms with Crippen molar-refractivity contribution in [1.82, 2.24) is 14.9 Å². The number of aromatic nitrogens is 2. The molecular formula is C17H21N3O2S. The molecule has 1 spiro atoms. The van der Waals surface area contributed by atoms with E-state index in [1.54, 1.807) is 23.7 Å². The predicted octanol–water partition coefficient (Wildman–Crippen LogP) is 2.52. The molecule has 2 saturated heterocycles. The van der Waals surface area contributed by atoms with Crippen molar-refractivity contribution in [2.75, 3.05) is 26.3 Å². The van der Waals surface area contributed by atoms with E-state index in [9.17, 15) is 0 Å². The van der Waals surface area contributed by atoms with Gasteiger partial charge >= 0.3 is 0 Å². The van der Waals surface area contributed by atoms with E-state index in [2.05, 4.69) is 20.2 Å². The molecule has 0 aromatic carbocycles. The minimum Gasteiger partial charge on any atom is -0.492 e. The number of rotatable bonds is 5. The molecule has 122 valence electrons. The second-order valence-corrected chi connectivity index (χ2v) is 7.37. The van der Waals surface area contributed by atoms with Crippen LogP contribution in [0.25, 0.3) is 0 Å². The van der Waals surface area contributed by atoms with E-state index in [4.69, 9.17) is 9.47 Å². The van der Waals surface area contributed by atoms with Crippen LogP contribution in [0, 0.1) is 12.8 Å². The number of likely N-dealkylation sites (tertiary alicyclic amines) is 1. The van der Waals surface area contributed by atoms with Crippen LogP contribution in [0.2, 0.25) is 0 Å². The van der Waals surface area contributed by atoms with E-state index in [-0.39, 0.29) is 5.60 Å². The lowest BCUT2D eigenvalue weighted by atomic mass is 9.81. The third kappa shape index (κ3) is 3.11. The van der Waals surface area contributed by atoms with Crippen molar-refractivity contribution in [2.24, 2.45) is 5.92 Å². The number of pyridine rings is 1. The van der Waals surface area contributed by atoms with Crippen molar-refractivity contribution in [3.8, 4) is 5.75 Å².